The molecule has 0 spiro atoms. The molecule has 1 aromatic rings. The first kappa shape index (κ1) is 26.2. The summed E-state index contributed by atoms with van der Waals surface area (Å²) in [5.74, 6) is 0.0722. The number of aldehydes is 1. The molecule has 0 amide bonds. The van der Waals surface area contributed by atoms with Crippen LogP contribution in [0.1, 0.15) is 15.9 Å². The molecule has 2 aliphatic rings. The normalized spacial score (nSPS) is 39.4. The number of rotatable bonds is 8. The van der Waals surface area contributed by atoms with Gasteiger partial charge in [-0.2, -0.15) is 0 Å². The highest BCUT2D eigenvalue weighted by atomic mass is 32.2. The number of benzene rings is 1. The largest absolute Gasteiger partial charge is 0.507 e. The van der Waals surface area contributed by atoms with Crippen LogP contribution in [0.5, 0.6) is 5.75 Å². The summed E-state index contributed by atoms with van der Waals surface area (Å²) in [5.41, 5.74) is -0.259. The Kier molecular flexibility index (Phi) is 9.05. The quantitative estimate of drug-likeness (QED) is 0.171. The Bertz CT molecular complexity index is 792. The van der Waals surface area contributed by atoms with E-state index >= 15 is 0 Å². The third kappa shape index (κ3) is 5.66. The molecule has 2 heterocycles. The second kappa shape index (κ2) is 11.4. The van der Waals surface area contributed by atoms with Crippen LogP contribution in [0.15, 0.2) is 18.2 Å². The summed E-state index contributed by atoms with van der Waals surface area (Å²) >= 11 is 1.08. The lowest BCUT2D eigenvalue weighted by molar-refractivity contribution is -0.338. The van der Waals surface area contributed by atoms with E-state index in [1.54, 1.807) is 6.07 Å². The topological polar surface area (TPSA) is 207 Å². The van der Waals surface area contributed by atoms with Crippen molar-refractivity contribution < 1.29 is 59.9 Å². The monoisotopic (exact) mass is 492 g/mol. The maximum absolute atomic E-state index is 11.0. The number of hydrogen-bond donors (Lipinski definition) is 8. The molecule has 0 unspecified atom stereocenters. The van der Waals surface area contributed by atoms with Crippen LogP contribution in [0.4, 0.5) is 0 Å². The van der Waals surface area contributed by atoms with Crippen molar-refractivity contribution in [2.45, 2.75) is 66.3 Å². The van der Waals surface area contributed by atoms with Crippen molar-refractivity contribution in [3.8, 4) is 5.75 Å². The number of aromatic hydroxyl groups is 1. The SMILES string of the molecule is O=Cc1cc(CS[C@@H]2O[C@H](CO)[C@@H](O[C@H]3O[C@H](CO)[C@@H](O)[C@H](O)[C@H]3O)[C@H](O)[C@H]2O)ccc1O. The molecule has 12 nitrogen and oxygen atoms in total. The first-order valence-electron chi connectivity index (χ1n) is 10.2. The summed E-state index contributed by atoms with van der Waals surface area (Å²) < 4.78 is 16.4. The number of carbonyl (C=O) groups excluding carboxylic acids is 1. The highest BCUT2D eigenvalue weighted by Crippen LogP contribution is 2.34. The molecular formula is C20H28O12S. The minimum absolute atomic E-state index is 0.0967. The van der Waals surface area contributed by atoms with Gasteiger partial charge in [-0.25, -0.2) is 0 Å². The molecule has 0 aliphatic carbocycles. The number of thioether (sulfide) groups is 1. The summed E-state index contributed by atoms with van der Waals surface area (Å²) in [5, 5.41) is 79.7. The summed E-state index contributed by atoms with van der Waals surface area (Å²) in [6.07, 6.45) is -13.0. The van der Waals surface area contributed by atoms with Gasteiger partial charge in [0.25, 0.3) is 0 Å². The average Bonchev–Trinajstić information content (AvgIpc) is 2.82. The molecule has 0 radical (unpaired) electrons. The van der Waals surface area contributed by atoms with Crippen molar-refractivity contribution in [1.82, 2.24) is 0 Å². The van der Waals surface area contributed by atoms with Crippen molar-refractivity contribution >= 4 is 18.0 Å². The van der Waals surface area contributed by atoms with Crippen molar-refractivity contribution in [2.24, 2.45) is 0 Å². The minimum Gasteiger partial charge on any atom is -0.507 e. The van der Waals surface area contributed by atoms with Crippen molar-refractivity contribution in [2.75, 3.05) is 13.2 Å². The molecule has 13 heteroatoms. The Morgan fingerprint density at radius 2 is 1.61 bits per heavy atom. The maximum atomic E-state index is 11.0. The van der Waals surface area contributed by atoms with Crippen LogP contribution in [-0.2, 0) is 20.0 Å². The van der Waals surface area contributed by atoms with E-state index in [0.29, 0.717) is 11.8 Å². The summed E-state index contributed by atoms with van der Waals surface area (Å²) in [4.78, 5) is 11.0. The second-order valence-corrected chi connectivity index (χ2v) is 8.91. The van der Waals surface area contributed by atoms with Gasteiger partial charge in [-0.1, -0.05) is 6.07 Å². The Hall–Kier alpha value is -1.36. The second-order valence-electron chi connectivity index (χ2n) is 7.83. The number of hydrogen-bond acceptors (Lipinski definition) is 13. The molecule has 0 saturated carbocycles. The minimum atomic E-state index is -1.74. The first-order chi connectivity index (χ1) is 15.7. The zero-order chi connectivity index (χ0) is 24.3. The van der Waals surface area contributed by atoms with Crippen LogP contribution < -0.4 is 0 Å². The van der Waals surface area contributed by atoms with E-state index in [4.69, 9.17) is 14.2 Å². The van der Waals surface area contributed by atoms with E-state index in [-0.39, 0.29) is 17.1 Å². The molecule has 0 bridgehead atoms. The van der Waals surface area contributed by atoms with Gasteiger partial charge in [0.2, 0.25) is 0 Å². The Balaban J connectivity index is 1.67. The molecule has 2 fully saturated rings. The van der Waals surface area contributed by atoms with E-state index in [0.717, 1.165) is 11.8 Å². The van der Waals surface area contributed by atoms with Crippen molar-refractivity contribution in [3.05, 3.63) is 29.3 Å². The van der Waals surface area contributed by atoms with Crippen LogP contribution in [0.25, 0.3) is 0 Å². The van der Waals surface area contributed by atoms with Gasteiger partial charge in [-0.15, -0.1) is 11.8 Å². The van der Waals surface area contributed by atoms with Gasteiger partial charge in [0.05, 0.1) is 18.8 Å². The van der Waals surface area contributed by atoms with E-state index in [1.807, 2.05) is 0 Å². The molecule has 8 N–H and O–H groups in total. The van der Waals surface area contributed by atoms with Crippen LogP contribution in [0, 0.1) is 0 Å². The van der Waals surface area contributed by atoms with Gasteiger partial charge in [0.1, 0.15) is 60.0 Å². The predicted octanol–water partition coefficient (Wildman–Crippen LogP) is -2.94. The first-order valence-corrected chi connectivity index (χ1v) is 11.2. The lowest BCUT2D eigenvalue weighted by Crippen LogP contribution is -2.64. The third-order valence-electron chi connectivity index (χ3n) is 5.59. The third-order valence-corrected chi connectivity index (χ3v) is 6.81. The zero-order valence-electron chi connectivity index (χ0n) is 17.3. The van der Waals surface area contributed by atoms with Crippen LogP contribution in [0.2, 0.25) is 0 Å². The van der Waals surface area contributed by atoms with E-state index < -0.39 is 73.8 Å². The highest BCUT2D eigenvalue weighted by molar-refractivity contribution is 7.99. The van der Waals surface area contributed by atoms with Crippen LogP contribution in [-0.4, -0.2) is 121 Å². The molecule has 0 aromatic heterocycles. The number of phenolic OH excluding ortho intramolecular Hbond substituents is 1. The lowest BCUT2D eigenvalue weighted by atomic mass is 9.97. The molecule has 2 saturated heterocycles. The zero-order valence-corrected chi connectivity index (χ0v) is 18.1. The summed E-state index contributed by atoms with van der Waals surface area (Å²) in [6.45, 7) is -1.31. The fraction of sp³-hybridized carbons (Fsp3) is 0.650. The lowest BCUT2D eigenvalue weighted by Gasteiger charge is -2.46. The number of aliphatic hydroxyl groups is 7. The van der Waals surface area contributed by atoms with Crippen molar-refractivity contribution in [1.29, 1.82) is 0 Å². The molecule has 186 valence electrons. The Morgan fingerprint density at radius 3 is 2.24 bits per heavy atom. The van der Waals surface area contributed by atoms with Gasteiger partial charge in [0, 0.05) is 5.75 Å². The van der Waals surface area contributed by atoms with E-state index in [2.05, 4.69) is 0 Å². The summed E-state index contributed by atoms with van der Waals surface area (Å²) in [7, 11) is 0. The van der Waals surface area contributed by atoms with Gasteiger partial charge in [-0.05, 0) is 17.7 Å². The summed E-state index contributed by atoms with van der Waals surface area (Å²) in [6, 6.07) is 4.40. The fourth-order valence-electron chi connectivity index (χ4n) is 3.66. The highest BCUT2D eigenvalue weighted by Gasteiger charge is 2.50. The van der Waals surface area contributed by atoms with Crippen LogP contribution in [0.3, 0.4) is 0 Å². The standard InChI is InChI=1S/C20H28O12S/c21-4-9-3-8(1-2-10(9)24)7-33-20-17(29)15(27)18(12(6-23)31-20)32-19-16(28)14(26)13(25)11(5-22)30-19/h1-4,11-20,22-29H,5-7H2/t11-,12-,13-,14+,15-,16-,17-,18-,19-,20+/m1/s1. The molecule has 3 rings (SSSR count). The molecule has 2 aliphatic heterocycles. The number of aliphatic hydroxyl groups excluding tert-OH is 7. The molecular weight excluding hydrogens is 464 g/mol. The fourth-order valence-corrected chi connectivity index (χ4v) is 4.78. The number of carbonyl (C=O) groups is 1. The molecule has 33 heavy (non-hydrogen) atoms. The van der Waals surface area contributed by atoms with Crippen molar-refractivity contribution in [3.63, 3.8) is 0 Å². The van der Waals surface area contributed by atoms with Gasteiger partial charge in [-0.3, -0.25) is 4.79 Å². The Morgan fingerprint density at radius 1 is 0.909 bits per heavy atom. The Labute approximate surface area is 193 Å². The maximum Gasteiger partial charge on any atom is 0.187 e. The number of ether oxygens (including phenoxy) is 3. The number of phenols is 1. The van der Waals surface area contributed by atoms with E-state index in [9.17, 15) is 45.6 Å². The van der Waals surface area contributed by atoms with Gasteiger partial charge < -0.3 is 55.1 Å². The molecule has 1 aromatic carbocycles. The van der Waals surface area contributed by atoms with E-state index in [1.165, 1.54) is 12.1 Å². The van der Waals surface area contributed by atoms with Gasteiger partial charge in [0.15, 0.2) is 12.6 Å². The average molecular weight is 492 g/mol. The van der Waals surface area contributed by atoms with Crippen LogP contribution >= 0.6 is 11.8 Å². The smallest absolute Gasteiger partial charge is 0.187 e. The predicted molar refractivity (Wildman–Crippen MR) is 111 cm³/mol. The molecule has 10 atom stereocenters. The van der Waals surface area contributed by atoms with Gasteiger partial charge >= 0.3 is 0 Å².